The topological polar surface area (TPSA) is 29.9 Å². The Morgan fingerprint density at radius 3 is 2.38 bits per heavy atom. The molecule has 1 aromatic heterocycles. The standard InChI is InChI=1S/C15H10Cl3N3/c16-11-8-13(18)14(9-12(11)17)20-15-19-6-7-21(15)10-4-2-1-3-5-10/h1-9H,(H,19,20). The third-order valence-electron chi connectivity index (χ3n) is 2.93. The van der Waals surface area contributed by atoms with Crippen LogP contribution in [0.5, 0.6) is 0 Å². The Hall–Kier alpha value is -1.68. The van der Waals surface area contributed by atoms with Crippen molar-refractivity contribution in [2.45, 2.75) is 0 Å². The van der Waals surface area contributed by atoms with E-state index in [9.17, 15) is 0 Å². The van der Waals surface area contributed by atoms with Crippen LogP contribution in [0.4, 0.5) is 11.6 Å². The number of para-hydroxylation sites is 1. The molecule has 106 valence electrons. The van der Waals surface area contributed by atoms with Gasteiger partial charge in [0.1, 0.15) is 0 Å². The molecule has 1 N–H and O–H groups in total. The van der Waals surface area contributed by atoms with Crippen molar-refractivity contribution in [1.29, 1.82) is 0 Å². The lowest BCUT2D eigenvalue weighted by Crippen LogP contribution is -2.01. The first-order valence-electron chi connectivity index (χ1n) is 6.15. The molecule has 21 heavy (non-hydrogen) atoms. The molecule has 3 rings (SSSR count). The van der Waals surface area contributed by atoms with Crippen molar-refractivity contribution in [3.05, 3.63) is 69.9 Å². The number of anilines is 2. The van der Waals surface area contributed by atoms with E-state index in [1.54, 1.807) is 18.3 Å². The van der Waals surface area contributed by atoms with E-state index in [1.165, 1.54) is 0 Å². The van der Waals surface area contributed by atoms with Crippen molar-refractivity contribution in [3.8, 4) is 5.69 Å². The molecular formula is C15H10Cl3N3. The van der Waals surface area contributed by atoms with Gasteiger partial charge < -0.3 is 5.32 Å². The minimum absolute atomic E-state index is 0.415. The minimum Gasteiger partial charge on any atom is -0.324 e. The van der Waals surface area contributed by atoms with Gasteiger partial charge in [-0.15, -0.1) is 0 Å². The van der Waals surface area contributed by atoms with Crippen LogP contribution in [0.3, 0.4) is 0 Å². The lowest BCUT2D eigenvalue weighted by Gasteiger charge is -2.11. The highest BCUT2D eigenvalue weighted by atomic mass is 35.5. The molecule has 0 unspecified atom stereocenters. The largest absolute Gasteiger partial charge is 0.324 e. The van der Waals surface area contributed by atoms with Crippen LogP contribution < -0.4 is 5.32 Å². The van der Waals surface area contributed by atoms with Gasteiger partial charge in [-0.05, 0) is 24.3 Å². The van der Waals surface area contributed by atoms with Gasteiger partial charge in [-0.3, -0.25) is 4.57 Å². The predicted molar refractivity (Wildman–Crippen MR) is 88.3 cm³/mol. The fourth-order valence-electron chi connectivity index (χ4n) is 1.93. The van der Waals surface area contributed by atoms with Crippen LogP contribution in [0.2, 0.25) is 15.1 Å². The van der Waals surface area contributed by atoms with Crippen LogP contribution in [-0.2, 0) is 0 Å². The first-order valence-corrected chi connectivity index (χ1v) is 7.29. The lowest BCUT2D eigenvalue weighted by molar-refractivity contribution is 1.06. The monoisotopic (exact) mass is 337 g/mol. The minimum atomic E-state index is 0.415. The molecule has 0 aliphatic carbocycles. The Morgan fingerprint density at radius 1 is 0.905 bits per heavy atom. The molecule has 2 aromatic carbocycles. The maximum Gasteiger partial charge on any atom is 0.212 e. The summed E-state index contributed by atoms with van der Waals surface area (Å²) < 4.78 is 1.92. The SMILES string of the molecule is Clc1cc(Cl)c(Nc2nccn2-c2ccccc2)cc1Cl. The highest BCUT2D eigenvalue weighted by molar-refractivity contribution is 6.44. The summed E-state index contributed by atoms with van der Waals surface area (Å²) in [5.74, 6) is 0.640. The molecule has 6 heteroatoms. The van der Waals surface area contributed by atoms with E-state index in [-0.39, 0.29) is 0 Å². The number of nitrogens with zero attached hydrogens (tertiary/aromatic N) is 2. The van der Waals surface area contributed by atoms with Crippen molar-refractivity contribution in [2.75, 3.05) is 5.32 Å². The van der Waals surface area contributed by atoms with Crippen molar-refractivity contribution in [1.82, 2.24) is 9.55 Å². The first-order chi connectivity index (χ1) is 10.1. The average molecular weight is 339 g/mol. The maximum absolute atomic E-state index is 6.17. The number of hydrogen-bond acceptors (Lipinski definition) is 2. The average Bonchev–Trinajstić information content (AvgIpc) is 2.94. The Labute approximate surface area is 137 Å². The van der Waals surface area contributed by atoms with Crippen molar-refractivity contribution in [3.63, 3.8) is 0 Å². The van der Waals surface area contributed by atoms with Crippen LogP contribution in [0, 0.1) is 0 Å². The second-order valence-corrected chi connectivity index (χ2v) is 5.55. The highest BCUT2D eigenvalue weighted by Gasteiger charge is 2.10. The van der Waals surface area contributed by atoms with Gasteiger partial charge in [0.15, 0.2) is 0 Å². The van der Waals surface area contributed by atoms with Crippen molar-refractivity contribution < 1.29 is 0 Å². The Morgan fingerprint density at radius 2 is 1.62 bits per heavy atom. The quantitative estimate of drug-likeness (QED) is 0.632. The molecule has 0 radical (unpaired) electrons. The molecule has 0 aliphatic rings. The van der Waals surface area contributed by atoms with Crippen molar-refractivity contribution in [2.24, 2.45) is 0 Å². The third kappa shape index (κ3) is 3.00. The van der Waals surface area contributed by atoms with E-state index in [2.05, 4.69) is 10.3 Å². The summed E-state index contributed by atoms with van der Waals surface area (Å²) in [6.45, 7) is 0. The zero-order valence-electron chi connectivity index (χ0n) is 10.7. The van der Waals surface area contributed by atoms with E-state index in [0.29, 0.717) is 26.7 Å². The predicted octanol–water partition coefficient (Wildman–Crippen LogP) is 5.58. The summed E-state index contributed by atoms with van der Waals surface area (Å²) in [4.78, 5) is 4.30. The second-order valence-electron chi connectivity index (χ2n) is 4.33. The van der Waals surface area contributed by atoms with Gasteiger partial charge in [-0.1, -0.05) is 53.0 Å². The Bertz CT molecular complexity index is 769. The molecule has 0 saturated heterocycles. The number of rotatable bonds is 3. The number of imidazole rings is 1. The summed E-state index contributed by atoms with van der Waals surface area (Å²) in [5, 5.41) is 4.49. The van der Waals surface area contributed by atoms with E-state index < -0.39 is 0 Å². The van der Waals surface area contributed by atoms with E-state index >= 15 is 0 Å². The van der Waals surface area contributed by atoms with E-state index in [4.69, 9.17) is 34.8 Å². The van der Waals surface area contributed by atoms with Gasteiger partial charge in [-0.2, -0.15) is 0 Å². The zero-order chi connectivity index (χ0) is 14.8. The molecule has 3 aromatic rings. The fraction of sp³-hybridized carbons (Fsp3) is 0. The van der Waals surface area contributed by atoms with Crippen molar-refractivity contribution >= 4 is 46.4 Å². The molecule has 3 nitrogen and oxygen atoms in total. The van der Waals surface area contributed by atoms with Gasteiger partial charge in [0, 0.05) is 18.1 Å². The summed E-state index contributed by atoms with van der Waals surface area (Å²) in [6.07, 6.45) is 3.57. The molecule has 1 heterocycles. The Balaban J connectivity index is 1.97. The Kier molecular flexibility index (Phi) is 4.06. The van der Waals surface area contributed by atoms with Crippen LogP contribution >= 0.6 is 34.8 Å². The smallest absolute Gasteiger partial charge is 0.212 e. The highest BCUT2D eigenvalue weighted by Crippen LogP contribution is 2.33. The summed E-state index contributed by atoms with van der Waals surface area (Å²) in [5.41, 5.74) is 1.64. The van der Waals surface area contributed by atoms with Gasteiger partial charge in [0.2, 0.25) is 5.95 Å². The fourth-order valence-corrected chi connectivity index (χ4v) is 2.53. The number of halogens is 3. The third-order valence-corrected chi connectivity index (χ3v) is 3.97. The van der Waals surface area contributed by atoms with Crippen LogP contribution in [0.1, 0.15) is 0 Å². The van der Waals surface area contributed by atoms with Gasteiger partial charge in [-0.25, -0.2) is 4.98 Å². The summed E-state index contributed by atoms with van der Waals surface area (Å²) in [7, 11) is 0. The molecule has 0 bridgehead atoms. The van der Waals surface area contributed by atoms with Crippen LogP contribution in [0.15, 0.2) is 54.9 Å². The van der Waals surface area contributed by atoms with Gasteiger partial charge >= 0.3 is 0 Å². The van der Waals surface area contributed by atoms with E-state index in [1.807, 2.05) is 41.1 Å². The summed E-state index contributed by atoms with van der Waals surface area (Å²) >= 11 is 18.1. The van der Waals surface area contributed by atoms with Crippen LogP contribution in [-0.4, -0.2) is 9.55 Å². The molecule has 0 atom stereocenters. The lowest BCUT2D eigenvalue weighted by atomic mass is 10.3. The second kappa shape index (κ2) is 5.98. The molecule has 0 fully saturated rings. The zero-order valence-corrected chi connectivity index (χ0v) is 13.0. The van der Waals surface area contributed by atoms with Gasteiger partial charge in [0.25, 0.3) is 0 Å². The summed E-state index contributed by atoms with van der Waals surface area (Å²) in [6, 6.07) is 13.1. The molecule has 0 aliphatic heterocycles. The number of benzene rings is 2. The van der Waals surface area contributed by atoms with Gasteiger partial charge in [0.05, 0.1) is 20.8 Å². The maximum atomic E-state index is 6.17. The van der Waals surface area contributed by atoms with Crippen LogP contribution in [0.25, 0.3) is 5.69 Å². The number of nitrogens with one attached hydrogen (secondary N) is 1. The number of aromatic nitrogens is 2. The molecule has 0 saturated carbocycles. The normalized spacial score (nSPS) is 10.6. The molecule has 0 amide bonds. The molecular weight excluding hydrogens is 329 g/mol. The van der Waals surface area contributed by atoms with E-state index in [0.717, 1.165) is 5.69 Å². The molecule has 0 spiro atoms. The first kappa shape index (κ1) is 14.3. The number of hydrogen-bond donors (Lipinski definition) is 1.